The quantitative estimate of drug-likeness (QED) is 0.578. The number of hydrogen-bond donors (Lipinski definition) is 1. The highest BCUT2D eigenvalue weighted by molar-refractivity contribution is 7.89. The molecule has 0 saturated heterocycles. The Hall–Kier alpha value is -2.54. The third-order valence-electron chi connectivity index (χ3n) is 3.07. The van der Waals surface area contributed by atoms with E-state index in [0.29, 0.717) is 23.7 Å². The molecule has 0 amide bonds. The lowest BCUT2D eigenvalue weighted by atomic mass is 10.2. The fourth-order valence-electron chi connectivity index (χ4n) is 2.05. The molecular weight excluding hydrogens is 340 g/mol. The number of benzene rings is 2. The zero-order valence-corrected chi connectivity index (χ0v) is 15.3. The van der Waals surface area contributed by atoms with Gasteiger partial charge >= 0.3 is 0 Å². The van der Waals surface area contributed by atoms with Crippen LogP contribution < -0.4 is 14.3 Å². The first kappa shape index (κ1) is 18.8. The topological polar surface area (TPSA) is 77.0 Å². The van der Waals surface area contributed by atoms with E-state index in [-0.39, 0.29) is 11.0 Å². The second kappa shape index (κ2) is 8.53. The summed E-state index contributed by atoms with van der Waals surface area (Å²) in [6, 6.07) is 13.4. The fraction of sp³-hybridized carbons (Fsp3) is 0.278. The lowest BCUT2D eigenvalue weighted by Gasteiger charge is -2.14. The number of nitrogens with one attached hydrogen (secondary N) is 1. The van der Waals surface area contributed by atoms with E-state index in [1.165, 1.54) is 18.3 Å². The van der Waals surface area contributed by atoms with Crippen molar-refractivity contribution in [1.29, 1.82) is 0 Å². The number of rotatable bonds is 8. The van der Waals surface area contributed by atoms with Crippen LogP contribution in [0.1, 0.15) is 26.3 Å². The van der Waals surface area contributed by atoms with Crippen LogP contribution in [-0.2, 0) is 10.0 Å². The summed E-state index contributed by atoms with van der Waals surface area (Å²) < 4.78 is 35.5. The molecule has 2 aromatic rings. The van der Waals surface area contributed by atoms with Gasteiger partial charge in [-0.05, 0) is 56.7 Å². The first-order chi connectivity index (χ1) is 11.9. The Balaban J connectivity index is 2.14. The van der Waals surface area contributed by atoms with Crippen LogP contribution in [0.4, 0.5) is 0 Å². The number of nitrogens with zero attached hydrogens (tertiary/aromatic N) is 1. The number of hydrogen-bond acceptors (Lipinski definition) is 5. The fourth-order valence-corrected chi connectivity index (χ4v) is 2.86. The van der Waals surface area contributed by atoms with Gasteiger partial charge in [0.2, 0.25) is 0 Å². The van der Waals surface area contributed by atoms with Crippen molar-refractivity contribution in [3.8, 4) is 11.5 Å². The van der Waals surface area contributed by atoms with Crippen LogP contribution in [0.15, 0.2) is 58.5 Å². The largest absolute Gasteiger partial charge is 0.490 e. The molecule has 0 bridgehead atoms. The minimum Gasteiger partial charge on any atom is -0.490 e. The first-order valence-corrected chi connectivity index (χ1v) is 9.44. The number of sulfonamides is 1. The van der Waals surface area contributed by atoms with Crippen LogP contribution >= 0.6 is 0 Å². The van der Waals surface area contributed by atoms with E-state index < -0.39 is 10.0 Å². The van der Waals surface area contributed by atoms with Gasteiger partial charge in [-0.3, -0.25) is 0 Å². The molecular formula is C18H22N2O4S. The zero-order chi connectivity index (χ0) is 18.3. The smallest absolute Gasteiger partial charge is 0.276 e. The maximum Gasteiger partial charge on any atom is 0.276 e. The summed E-state index contributed by atoms with van der Waals surface area (Å²) in [5.74, 6) is 1.23. The molecule has 7 heteroatoms. The van der Waals surface area contributed by atoms with Gasteiger partial charge in [0.1, 0.15) is 0 Å². The van der Waals surface area contributed by atoms with E-state index in [0.717, 1.165) is 0 Å². The number of hydrazone groups is 1. The summed E-state index contributed by atoms with van der Waals surface area (Å²) in [5.41, 5.74) is 0.690. The normalized spacial score (nSPS) is 11.7. The molecule has 134 valence electrons. The minimum absolute atomic E-state index is 0.0244. The monoisotopic (exact) mass is 362 g/mol. The molecule has 0 spiro atoms. The van der Waals surface area contributed by atoms with E-state index in [1.54, 1.807) is 36.4 Å². The van der Waals surface area contributed by atoms with E-state index in [2.05, 4.69) is 9.93 Å². The van der Waals surface area contributed by atoms with Gasteiger partial charge < -0.3 is 9.47 Å². The summed E-state index contributed by atoms with van der Waals surface area (Å²) >= 11 is 0. The van der Waals surface area contributed by atoms with Crippen molar-refractivity contribution in [1.82, 2.24) is 4.83 Å². The van der Waals surface area contributed by atoms with Crippen molar-refractivity contribution >= 4 is 16.2 Å². The summed E-state index contributed by atoms with van der Waals surface area (Å²) in [7, 11) is -3.68. The summed E-state index contributed by atoms with van der Waals surface area (Å²) in [5, 5.41) is 3.82. The van der Waals surface area contributed by atoms with Crippen molar-refractivity contribution in [3.63, 3.8) is 0 Å². The summed E-state index contributed by atoms with van der Waals surface area (Å²) in [6.45, 7) is 6.25. The second-order valence-corrected chi connectivity index (χ2v) is 7.13. The molecule has 0 fully saturated rings. The molecule has 2 rings (SSSR count). The lowest BCUT2D eigenvalue weighted by Crippen LogP contribution is -2.18. The average Bonchev–Trinajstić information content (AvgIpc) is 2.57. The molecule has 0 radical (unpaired) electrons. The van der Waals surface area contributed by atoms with Crippen molar-refractivity contribution in [2.24, 2.45) is 5.10 Å². The van der Waals surface area contributed by atoms with E-state index in [4.69, 9.17) is 9.47 Å². The van der Waals surface area contributed by atoms with Gasteiger partial charge in [-0.2, -0.15) is 13.5 Å². The van der Waals surface area contributed by atoms with Gasteiger partial charge in [-0.15, -0.1) is 0 Å². The van der Waals surface area contributed by atoms with Crippen LogP contribution in [0.25, 0.3) is 0 Å². The Morgan fingerprint density at radius 2 is 1.84 bits per heavy atom. The molecule has 2 aromatic carbocycles. The third kappa shape index (κ3) is 5.49. The highest BCUT2D eigenvalue weighted by Crippen LogP contribution is 2.28. The highest BCUT2D eigenvalue weighted by atomic mass is 32.2. The number of ether oxygens (including phenoxy) is 2. The highest BCUT2D eigenvalue weighted by Gasteiger charge is 2.11. The van der Waals surface area contributed by atoms with Crippen molar-refractivity contribution in [2.45, 2.75) is 31.8 Å². The van der Waals surface area contributed by atoms with Crippen LogP contribution in [0, 0.1) is 0 Å². The molecule has 0 aliphatic rings. The predicted molar refractivity (Wildman–Crippen MR) is 97.7 cm³/mol. The molecule has 0 heterocycles. The molecule has 0 unspecified atom stereocenters. The Labute approximate surface area is 148 Å². The Bertz CT molecular complexity index is 818. The maximum atomic E-state index is 12.1. The van der Waals surface area contributed by atoms with Crippen LogP contribution in [0.3, 0.4) is 0 Å². The molecule has 0 aliphatic carbocycles. The molecule has 25 heavy (non-hydrogen) atoms. The maximum absolute atomic E-state index is 12.1. The van der Waals surface area contributed by atoms with Crippen LogP contribution in [-0.4, -0.2) is 27.3 Å². The molecule has 6 nitrogen and oxygen atoms in total. The Kier molecular flexibility index (Phi) is 6.41. The van der Waals surface area contributed by atoms with Gasteiger partial charge in [-0.25, -0.2) is 4.83 Å². The van der Waals surface area contributed by atoms with Gasteiger partial charge in [0, 0.05) is 0 Å². The van der Waals surface area contributed by atoms with Crippen LogP contribution in [0.2, 0.25) is 0 Å². The zero-order valence-electron chi connectivity index (χ0n) is 14.5. The van der Waals surface area contributed by atoms with E-state index in [9.17, 15) is 8.42 Å². The second-order valence-electron chi connectivity index (χ2n) is 5.47. The molecule has 0 saturated carbocycles. The van der Waals surface area contributed by atoms with Gasteiger partial charge in [0.05, 0.1) is 23.8 Å². The van der Waals surface area contributed by atoms with Gasteiger partial charge in [-0.1, -0.05) is 18.2 Å². The van der Waals surface area contributed by atoms with E-state index in [1.807, 2.05) is 20.8 Å². The molecule has 0 atom stereocenters. The summed E-state index contributed by atoms with van der Waals surface area (Å²) in [4.78, 5) is 2.35. The molecule has 1 N–H and O–H groups in total. The van der Waals surface area contributed by atoms with Gasteiger partial charge in [0.15, 0.2) is 11.5 Å². The van der Waals surface area contributed by atoms with Crippen LogP contribution in [0.5, 0.6) is 11.5 Å². The predicted octanol–water partition coefficient (Wildman–Crippen LogP) is 3.18. The average molecular weight is 362 g/mol. The molecule has 0 aromatic heterocycles. The standard InChI is InChI=1S/C18H22N2O4S/c1-4-23-18-12-15(10-11-17(18)24-14(2)3)13-19-20-25(21,22)16-8-6-5-7-9-16/h5-14,20H,4H2,1-3H3/b19-13+. The first-order valence-electron chi connectivity index (χ1n) is 7.96. The van der Waals surface area contributed by atoms with Gasteiger partial charge in [0.25, 0.3) is 10.0 Å². The molecule has 0 aliphatic heterocycles. The SMILES string of the molecule is CCOc1cc(/C=N/NS(=O)(=O)c2ccccc2)ccc1OC(C)C. The Morgan fingerprint density at radius 1 is 1.12 bits per heavy atom. The Morgan fingerprint density at radius 3 is 2.48 bits per heavy atom. The lowest BCUT2D eigenvalue weighted by molar-refractivity contribution is 0.224. The van der Waals surface area contributed by atoms with Crippen molar-refractivity contribution in [2.75, 3.05) is 6.61 Å². The minimum atomic E-state index is -3.68. The van der Waals surface area contributed by atoms with Crippen molar-refractivity contribution in [3.05, 3.63) is 54.1 Å². The van der Waals surface area contributed by atoms with Crippen molar-refractivity contribution < 1.29 is 17.9 Å². The summed E-state index contributed by atoms with van der Waals surface area (Å²) in [6.07, 6.45) is 1.44. The third-order valence-corrected chi connectivity index (χ3v) is 4.31. The van der Waals surface area contributed by atoms with E-state index >= 15 is 0 Å².